The summed E-state index contributed by atoms with van der Waals surface area (Å²) in [7, 11) is 0. The third-order valence-electron chi connectivity index (χ3n) is 5.74. The molecule has 0 radical (unpaired) electrons. The lowest BCUT2D eigenvalue weighted by Gasteiger charge is -2.07. The van der Waals surface area contributed by atoms with Gasteiger partial charge in [-0.25, -0.2) is 0 Å². The van der Waals surface area contributed by atoms with Gasteiger partial charge in [-0.3, -0.25) is 4.79 Å². The van der Waals surface area contributed by atoms with Crippen LogP contribution < -0.4 is 5.32 Å². The van der Waals surface area contributed by atoms with E-state index >= 15 is 0 Å². The highest BCUT2D eigenvalue weighted by Gasteiger charge is 2.12. The van der Waals surface area contributed by atoms with E-state index in [4.69, 9.17) is 11.6 Å². The van der Waals surface area contributed by atoms with E-state index in [9.17, 15) is 10.1 Å². The van der Waals surface area contributed by atoms with Crippen LogP contribution in [0, 0.1) is 11.3 Å². The molecule has 0 saturated carbocycles. The first kappa shape index (κ1) is 21.5. The van der Waals surface area contributed by atoms with Gasteiger partial charge in [0.1, 0.15) is 6.54 Å². The van der Waals surface area contributed by atoms with Crippen LogP contribution in [-0.2, 0) is 11.3 Å². The van der Waals surface area contributed by atoms with Gasteiger partial charge in [-0.2, -0.15) is 5.26 Å². The molecule has 5 rings (SSSR count). The van der Waals surface area contributed by atoms with Crippen LogP contribution in [0.1, 0.15) is 11.1 Å². The summed E-state index contributed by atoms with van der Waals surface area (Å²) in [5, 5.41) is 16.6. The second kappa shape index (κ2) is 9.27. The van der Waals surface area contributed by atoms with Crippen molar-refractivity contribution in [1.82, 2.24) is 4.57 Å². The lowest BCUT2D eigenvalue weighted by Crippen LogP contribution is -2.18. The van der Waals surface area contributed by atoms with E-state index in [0.717, 1.165) is 32.8 Å². The van der Waals surface area contributed by atoms with Crippen molar-refractivity contribution in [2.75, 3.05) is 5.32 Å². The van der Waals surface area contributed by atoms with Crippen LogP contribution in [0.5, 0.6) is 0 Å². The molecule has 1 heterocycles. The number of carbonyl (C=O) groups is 1. The summed E-state index contributed by atoms with van der Waals surface area (Å²) in [6.45, 7) is 0.148. The quantitative estimate of drug-likeness (QED) is 0.282. The van der Waals surface area contributed by atoms with Crippen molar-refractivity contribution < 1.29 is 4.79 Å². The molecular weight excluding hydrogens is 442 g/mol. The Hall–Kier alpha value is -4.33. The lowest BCUT2D eigenvalue weighted by atomic mass is 10.00. The Morgan fingerprint density at radius 2 is 1.68 bits per heavy atom. The van der Waals surface area contributed by atoms with Gasteiger partial charge in [0.05, 0.1) is 11.6 Å². The first-order valence-electron chi connectivity index (χ1n) is 10.8. The zero-order chi connectivity index (χ0) is 23.5. The molecule has 0 aliphatic heterocycles. The Balaban J connectivity index is 1.48. The largest absolute Gasteiger partial charge is 0.337 e. The Kier molecular flexibility index (Phi) is 5.86. The number of halogens is 1. The highest BCUT2D eigenvalue weighted by atomic mass is 35.5. The number of anilines is 1. The van der Waals surface area contributed by atoms with Gasteiger partial charge in [0.2, 0.25) is 5.91 Å². The lowest BCUT2D eigenvalue weighted by molar-refractivity contribution is -0.116. The molecule has 0 saturated heterocycles. The Bertz CT molecular complexity index is 1590. The maximum Gasteiger partial charge on any atom is 0.244 e. The summed E-state index contributed by atoms with van der Waals surface area (Å²) in [5.41, 5.74) is 3.93. The zero-order valence-electron chi connectivity index (χ0n) is 18.2. The number of amides is 1. The summed E-state index contributed by atoms with van der Waals surface area (Å²) in [6, 6.07) is 31.4. The number of aromatic nitrogens is 1. The average Bonchev–Trinajstić information content (AvgIpc) is 3.20. The van der Waals surface area contributed by atoms with Crippen molar-refractivity contribution in [3.05, 3.63) is 113 Å². The Labute approximate surface area is 202 Å². The molecule has 34 heavy (non-hydrogen) atoms. The average molecular weight is 462 g/mol. The monoisotopic (exact) mass is 461 g/mol. The van der Waals surface area contributed by atoms with Crippen molar-refractivity contribution in [2.24, 2.45) is 0 Å². The third-order valence-corrected chi connectivity index (χ3v) is 5.99. The molecule has 1 aromatic heterocycles. The zero-order valence-corrected chi connectivity index (χ0v) is 19.0. The van der Waals surface area contributed by atoms with Crippen molar-refractivity contribution in [3.63, 3.8) is 0 Å². The van der Waals surface area contributed by atoms with E-state index in [1.807, 2.05) is 77.5 Å². The first-order valence-corrected chi connectivity index (χ1v) is 11.2. The number of nitrogens with one attached hydrogen (secondary N) is 1. The predicted octanol–water partition coefficient (Wildman–Crippen LogP) is 7.15. The van der Waals surface area contributed by atoms with Gasteiger partial charge >= 0.3 is 0 Å². The summed E-state index contributed by atoms with van der Waals surface area (Å²) in [4.78, 5) is 12.7. The van der Waals surface area contributed by atoms with E-state index in [1.165, 1.54) is 0 Å². The fraction of sp³-hybridized carbons (Fsp3) is 0.0345. The van der Waals surface area contributed by atoms with Crippen molar-refractivity contribution in [3.8, 4) is 6.07 Å². The number of nitrogens with zero attached hydrogens (tertiary/aromatic N) is 2. The van der Waals surface area contributed by atoms with Crippen LogP contribution in [0.2, 0.25) is 5.02 Å². The topological polar surface area (TPSA) is 57.8 Å². The maximum atomic E-state index is 12.7. The van der Waals surface area contributed by atoms with Gasteiger partial charge in [-0.15, -0.1) is 0 Å². The second-order valence-electron chi connectivity index (χ2n) is 8.02. The van der Waals surface area contributed by atoms with E-state index in [0.29, 0.717) is 16.3 Å². The predicted molar refractivity (Wildman–Crippen MR) is 139 cm³/mol. The van der Waals surface area contributed by atoms with E-state index in [1.54, 1.807) is 24.3 Å². The number of nitriles is 1. The van der Waals surface area contributed by atoms with Gasteiger partial charge < -0.3 is 9.88 Å². The van der Waals surface area contributed by atoms with Crippen LogP contribution >= 0.6 is 11.6 Å². The SMILES string of the molecule is N#C/C(=C/c1cn(CC(=O)Nc2ccc(Cl)cc2)c2ccccc12)c1ccc2ccccc2c1. The molecule has 1 amide bonds. The van der Waals surface area contributed by atoms with Crippen molar-refractivity contribution in [1.29, 1.82) is 5.26 Å². The number of hydrogen-bond donors (Lipinski definition) is 1. The molecule has 0 spiro atoms. The fourth-order valence-electron chi connectivity index (χ4n) is 4.10. The minimum absolute atomic E-state index is 0.145. The summed E-state index contributed by atoms with van der Waals surface area (Å²) >= 11 is 5.93. The number of benzene rings is 4. The number of para-hydroxylation sites is 1. The van der Waals surface area contributed by atoms with Gasteiger partial charge in [-0.1, -0.05) is 66.2 Å². The maximum absolute atomic E-state index is 12.7. The molecule has 1 N–H and O–H groups in total. The van der Waals surface area contributed by atoms with Gasteiger partial charge in [-0.05, 0) is 58.8 Å². The molecule has 5 aromatic rings. The van der Waals surface area contributed by atoms with Crippen LogP contribution in [0.4, 0.5) is 5.69 Å². The number of rotatable bonds is 5. The third kappa shape index (κ3) is 4.43. The smallest absolute Gasteiger partial charge is 0.244 e. The number of fused-ring (bicyclic) bond motifs is 2. The van der Waals surface area contributed by atoms with Crippen LogP contribution in [0.15, 0.2) is 97.2 Å². The van der Waals surface area contributed by atoms with Crippen LogP contribution in [0.25, 0.3) is 33.3 Å². The van der Waals surface area contributed by atoms with Crippen LogP contribution in [-0.4, -0.2) is 10.5 Å². The van der Waals surface area contributed by atoms with Crippen molar-refractivity contribution >= 4 is 56.5 Å². The summed E-state index contributed by atoms with van der Waals surface area (Å²) < 4.78 is 1.90. The molecular formula is C29H20ClN3O. The Morgan fingerprint density at radius 1 is 0.941 bits per heavy atom. The molecule has 0 fully saturated rings. The molecule has 0 unspecified atom stereocenters. The minimum Gasteiger partial charge on any atom is -0.337 e. The molecule has 4 nitrogen and oxygen atoms in total. The van der Waals surface area contributed by atoms with E-state index in [2.05, 4.69) is 17.5 Å². The molecule has 5 heteroatoms. The van der Waals surface area contributed by atoms with E-state index in [-0.39, 0.29) is 12.5 Å². The molecule has 4 aromatic carbocycles. The van der Waals surface area contributed by atoms with Crippen molar-refractivity contribution in [2.45, 2.75) is 6.54 Å². The summed E-state index contributed by atoms with van der Waals surface area (Å²) in [5.74, 6) is -0.145. The highest BCUT2D eigenvalue weighted by Crippen LogP contribution is 2.28. The summed E-state index contributed by atoms with van der Waals surface area (Å²) in [6.07, 6.45) is 3.81. The number of allylic oxidation sites excluding steroid dienone is 1. The van der Waals surface area contributed by atoms with Gasteiger partial charge in [0, 0.05) is 33.4 Å². The molecule has 164 valence electrons. The second-order valence-corrected chi connectivity index (χ2v) is 8.45. The highest BCUT2D eigenvalue weighted by molar-refractivity contribution is 6.30. The van der Waals surface area contributed by atoms with Crippen LogP contribution in [0.3, 0.4) is 0 Å². The first-order chi connectivity index (χ1) is 16.6. The number of carbonyl (C=O) groups excluding carboxylic acids is 1. The molecule has 0 bridgehead atoms. The number of hydrogen-bond acceptors (Lipinski definition) is 2. The van der Waals surface area contributed by atoms with Gasteiger partial charge in [0.15, 0.2) is 0 Å². The molecule has 0 atom stereocenters. The standard InChI is InChI=1S/C29H20ClN3O/c30-25-11-13-26(14-12-25)32-29(34)19-33-18-24(27-7-3-4-8-28(27)33)16-23(17-31)22-10-9-20-5-1-2-6-21(20)15-22/h1-16,18H,19H2,(H,32,34)/b23-16-. The van der Waals surface area contributed by atoms with E-state index < -0.39 is 0 Å². The van der Waals surface area contributed by atoms with Gasteiger partial charge in [0.25, 0.3) is 0 Å². The molecule has 0 aliphatic carbocycles. The molecule has 0 aliphatic rings. The fourth-order valence-corrected chi connectivity index (χ4v) is 4.23. The minimum atomic E-state index is -0.145. The Morgan fingerprint density at radius 3 is 2.47 bits per heavy atom. The normalized spacial score (nSPS) is 11.5.